The first-order valence-corrected chi connectivity index (χ1v) is 6.69. The normalized spacial score (nSPS) is 11.2. The highest BCUT2D eigenvalue weighted by Crippen LogP contribution is 2.21. The van der Waals surface area contributed by atoms with Gasteiger partial charge in [0.1, 0.15) is 17.3 Å². The average molecular weight is 236 g/mol. The van der Waals surface area contributed by atoms with Gasteiger partial charge in [-0.25, -0.2) is 9.97 Å². The number of nitrogens with zero attached hydrogens (tertiary/aromatic N) is 2. The van der Waals surface area contributed by atoms with E-state index < -0.39 is 0 Å². The van der Waals surface area contributed by atoms with Gasteiger partial charge in [0.15, 0.2) is 0 Å². The van der Waals surface area contributed by atoms with Crippen molar-refractivity contribution < 1.29 is 0 Å². The summed E-state index contributed by atoms with van der Waals surface area (Å²) in [5.41, 5.74) is 0.905. The number of H-pyrrole nitrogens is 1. The van der Waals surface area contributed by atoms with Gasteiger partial charge < -0.3 is 10.3 Å². The van der Waals surface area contributed by atoms with Crippen molar-refractivity contribution in [2.24, 2.45) is 0 Å². The molecule has 2 aromatic heterocycles. The Labute approximate surface area is 99.3 Å². The van der Waals surface area contributed by atoms with E-state index >= 15 is 0 Å². The number of aromatic nitrogens is 3. The number of hydrogen-bond acceptors (Lipinski definition) is 4. The lowest BCUT2D eigenvalue weighted by Gasteiger charge is -2.11. The minimum absolute atomic E-state index is 0.370. The summed E-state index contributed by atoms with van der Waals surface area (Å²) in [4.78, 5) is 12.1. The van der Waals surface area contributed by atoms with Crippen molar-refractivity contribution in [2.45, 2.75) is 25.6 Å². The van der Waals surface area contributed by atoms with E-state index in [1.165, 1.54) is 0 Å². The maximum atomic E-state index is 4.54. The Balaban J connectivity index is 2.46. The van der Waals surface area contributed by atoms with Crippen LogP contribution in [0.2, 0.25) is 0 Å². The Morgan fingerprint density at radius 1 is 1.44 bits per heavy atom. The number of thioether (sulfide) groups is 1. The Bertz CT molecular complexity index is 478. The Morgan fingerprint density at radius 3 is 2.94 bits per heavy atom. The quantitative estimate of drug-likeness (QED) is 0.857. The molecule has 0 atom stereocenters. The predicted molar refractivity (Wildman–Crippen MR) is 69.9 cm³/mol. The molecule has 2 N–H and O–H groups in total. The third-order valence-corrected chi connectivity index (χ3v) is 2.71. The number of nitrogens with one attached hydrogen (secondary N) is 2. The van der Waals surface area contributed by atoms with Crippen molar-refractivity contribution in [1.29, 1.82) is 0 Å². The Hall–Kier alpha value is -1.23. The van der Waals surface area contributed by atoms with Crippen molar-refractivity contribution in [3.63, 3.8) is 0 Å². The van der Waals surface area contributed by atoms with Crippen LogP contribution in [0.5, 0.6) is 0 Å². The molecule has 4 nitrogen and oxygen atoms in total. The van der Waals surface area contributed by atoms with E-state index in [-0.39, 0.29) is 0 Å². The van der Waals surface area contributed by atoms with E-state index in [0.29, 0.717) is 6.04 Å². The van der Waals surface area contributed by atoms with Gasteiger partial charge >= 0.3 is 0 Å². The molecular weight excluding hydrogens is 220 g/mol. The van der Waals surface area contributed by atoms with Gasteiger partial charge in [0.05, 0.1) is 11.1 Å². The topological polar surface area (TPSA) is 53.6 Å². The van der Waals surface area contributed by atoms with Crippen LogP contribution in [0.4, 0.5) is 5.82 Å². The summed E-state index contributed by atoms with van der Waals surface area (Å²) in [5.74, 6) is 2.62. The number of aromatic amines is 1. The monoisotopic (exact) mass is 236 g/mol. The van der Waals surface area contributed by atoms with Crippen LogP contribution in [0.25, 0.3) is 11.0 Å². The van der Waals surface area contributed by atoms with Crippen molar-refractivity contribution in [3.05, 3.63) is 18.1 Å². The van der Waals surface area contributed by atoms with E-state index in [1.807, 2.05) is 12.3 Å². The van der Waals surface area contributed by atoms with Gasteiger partial charge in [-0.05, 0) is 26.2 Å². The minimum atomic E-state index is 0.370. The zero-order valence-corrected chi connectivity index (χ0v) is 10.6. The SMILES string of the molecule is CSCc1nc(NC(C)C)c2cc[nH]c2n1. The van der Waals surface area contributed by atoms with Crippen molar-refractivity contribution in [1.82, 2.24) is 15.0 Å². The molecule has 16 heavy (non-hydrogen) atoms. The minimum Gasteiger partial charge on any atom is -0.367 e. The van der Waals surface area contributed by atoms with Crippen LogP contribution in [0.15, 0.2) is 12.3 Å². The molecule has 0 aromatic carbocycles. The van der Waals surface area contributed by atoms with Crippen molar-refractivity contribution in [2.75, 3.05) is 11.6 Å². The molecule has 2 heterocycles. The highest BCUT2D eigenvalue weighted by Gasteiger charge is 2.08. The summed E-state index contributed by atoms with van der Waals surface area (Å²) < 4.78 is 0. The summed E-state index contributed by atoms with van der Waals surface area (Å²) in [5, 5.41) is 4.41. The van der Waals surface area contributed by atoms with Gasteiger partial charge in [-0.15, -0.1) is 0 Å². The second kappa shape index (κ2) is 4.74. The third kappa shape index (κ3) is 2.29. The van der Waals surface area contributed by atoms with Crippen LogP contribution in [-0.4, -0.2) is 27.2 Å². The number of rotatable bonds is 4. The molecule has 0 aliphatic heterocycles. The molecule has 0 aliphatic carbocycles. The molecule has 0 radical (unpaired) electrons. The third-order valence-electron chi connectivity index (χ3n) is 2.16. The highest BCUT2D eigenvalue weighted by molar-refractivity contribution is 7.97. The largest absolute Gasteiger partial charge is 0.367 e. The van der Waals surface area contributed by atoms with Gasteiger partial charge in [-0.2, -0.15) is 11.8 Å². The van der Waals surface area contributed by atoms with Gasteiger partial charge in [-0.1, -0.05) is 0 Å². The first kappa shape index (κ1) is 11.3. The first-order valence-electron chi connectivity index (χ1n) is 5.30. The van der Waals surface area contributed by atoms with Crippen molar-refractivity contribution >= 4 is 28.6 Å². The molecule has 0 spiro atoms. The smallest absolute Gasteiger partial charge is 0.143 e. The molecular formula is C11H16N4S. The van der Waals surface area contributed by atoms with Crippen LogP contribution < -0.4 is 5.32 Å². The summed E-state index contributed by atoms with van der Waals surface area (Å²) in [6.45, 7) is 4.21. The molecule has 0 saturated carbocycles. The summed E-state index contributed by atoms with van der Waals surface area (Å²) >= 11 is 1.73. The predicted octanol–water partition coefficient (Wildman–Crippen LogP) is 2.64. The lowest BCUT2D eigenvalue weighted by atomic mass is 10.3. The van der Waals surface area contributed by atoms with E-state index in [0.717, 1.165) is 28.4 Å². The molecule has 2 aromatic rings. The van der Waals surface area contributed by atoms with Gasteiger partial charge in [0.2, 0.25) is 0 Å². The Morgan fingerprint density at radius 2 is 2.25 bits per heavy atom. The van der Waals surface area contributed by atoms with Crippen LogP contribution in [-0.2, 0) is 5.75 Å². The maximum absolute atomic E-state index is 4.54. The van der Waals surface area contributed by atoms with Gasteiger partial charge in [0, 0.05) is 12.2 Å². The fourth-order valence-electron chi connectivity index (χ4n) is 1.56. The summed E-state index contributed by atoms with van der Waals surface area (Å²) in [7, 11) is 0. The number of anilines is 1. The molecule has 5 heteroatoms. The van der Waals surface area contributed by atoms with E-state index in [1.54, 1.807) is 11.8 Å². The maximum Gasteiger partial charge on any atom is 0.143 e. The van der Waals surface area contributed by atoms with Crippen LogP contribution >= 0.6 is 11.8 Å². The molecule has 86 valence electrons. The van der Waals surface area contributed by atoms with E-state index in [9.17, 15) is 0 Å². The number of hydrogen-bond donors (Lipinski definition) is 2. The molecule has 0 saturated heterocycles. The molecule has 0 unspecified atom stereocenters. The van der Waals surface area contributed by atoms with Crippen LogP contribution in [0.3, 0.4) is 0 Å². The second-order valence-corrected chi connectivity index (χ2v) is 4.83. The lowest BCUT2D eigenvalue weighted by molar-refractivity contribution is 0.885. The standard InChI is InChI=1S/C11H16N4S/c1-7(2)13-11-8-4-5-12-10(8)14-9(15-11)6-16-3/h4-5,7H,6H2,1-3H3,(H2,12,13,14,15). The van der Waals surface area contributed by atoms with E-state index in [2.05, 4.69) is 40.4 Å². The zero-order chi connectivity index (χ0) is 11.5. The molecule has 0 bridgehead atoms. The fraction of sp³-hybridized carbons (Fsp3) is 0.455. The van der Waals surface area contributed by atoms with Crippen LogP contribution in [0.1, 0.15) is 19.7 Å². The summed E-state index contributed by atoms with van der Waals surface area (Å²) in [6.07, 6.45) is 3.95. The highest BCUT2D eigenvalue weighted by atomic mass is 32.2. The van der Waals surface area contributed by atoms with Crippen LogP contribution in [0, 0.1) is 0 Å². The second-order valence-electron chi connectivity index (χ2n) is 3.96. The molecule has 2 rings (SSSR count). The molecule has 0 amide bonds. The first-order chi connectivity index (χ1) is 7.70. The molecule has 0 aliphatic rings. The van der Waals surface area contributed by atoms with Gasteiger partial charge in [0.25, 0.3) is 0 Å². The number of fused-ring (bicyclic) bond motifs is 1. The summed E-state index contributed by atoms with van der Waals surface area (Å²) in [6, 6.07) is 2.37. The van der Waals surface area contributed by atoms with Gasteiger partial charge in [-0.3, -0.25) is 0 Å². The Kier molecular flexibility index (Phi) is 3.33. The fourth-order valence-corrected chi connectivity index (χ4v) is 1.95. The lowest BCUT2D eigenvalue weighted by Crippen LogP contribution is -2.12. The average Bonchev–Trinajstić information content (AvgIpc) is 2.65. The van der Waals surface area contributed by atoms with Crippen molar-refractivity contribution in [3.8, 4) is 0 Å². The van der Waals surface area contributed by atoms with E-state index in [4.69, 9.17) is 0 Å². The zero-order valence-electron chi connectivity index (χ0n) is 9.74. The molecule has 0 fully saturated rings.